The van der Waals surface area contributed by atoms with Crippen LogP contribution in [0.25, 0.3) is 0 Å². The van der Waals surface area contributed by atoms with Crippen molar-refractivity contribution in [3.8, 4) is 6.07 Å². The van der Waals surface area contributed by atoms with E-state index in [4.69, 9.17) is 25.1 Å². The topological polar surface area (TPSA) is 148 Å². The van der Waals surface area contributed by atoms with Gasteiger partial charge in [-0.2, -0.15) is 31.6 Å². The molecule has 0 unspecified atom stereocenters. The molecule has 2 aliphatic heterocycles. The van der Waals surface area contributed by atoms with Gasteiger partial charge in [-0.1, -0.05) is 0 Å². The predicted octanol–water partition coefficient (Wildman–Crippen LogP) is 3.08. The maximum Gasteiger partial charge on any atom is 0.490 e. The van der Waals surface area contributed by atoms with E-state index in [1.165, 1.54) is 0 Å². The van der Waals surface area contributed by atoms with Crippen LogP contribution in [0.2, 0.25) is 0 Å². The third kappa shape index (κ3) is 8.30. The van der Waals surface area contributed by atoms with Crippen LogP contribution >= 0.6 is 11.3 Å². The molecule has 0 saturated carbocycles. The number of rotatable bonds is 3. The van der Waals surface area contributed by atoms with Gasteiger partial charge in [0, 0.05) is 37.1 Å². The van der Waals surface area contributed by atoms with Crippen molar-refractivity contribution in [1.82, 2.24) is 14.9 Å². The number of halogens is 6. The number of aliphatic carboxylic acids is 2. The molecule has 4 heterocycles. The van der Waals surface area contributed by atoms with Crippen LogP contribution in [0, 0.1) is 30.1 Å². The van der Waals surface area contributed by atoms with Crippen LogP contribution in [0.3, 0.4) is 0 Å². The lowest BCUT2D eigenvalue weighted by atomic mass is 10.0. The molecule has 4 rings (SSSR count). The number of fused-ring (bicyclic) bond motifs is 1. The van der Waals surface area contributed by atoms with E-state index in [0.29, 0.717) is 24.6 Å². The molecule has 10 nitrogen and oxygen atoms in total. The first-order valence-corrected chi connectivity index (χ1v) is 11.3. The van der Waals surface area contributed by atoms with Gasteiger partial charge in [0.05, 0.1) is 28.7 Å². The number of hydrogen-bond donors (Lipinski definition) is 2. The van der Waals surface area contributed by atoms with Gasteiger partial charge in [-0.3, -0.25) is 4.79 Å². The van der Waals surface area contributed by atoms with Crippen LogP contribution in [0.5, 0.6) is 0 Å². The van der Waals surface area contributed by atoms with Gasteiger partial charge in [-0.25, -0.2) is 19.6 Å². The van der Waals surface area contributed by atoms with E-state index >= 15 is 0 Å². The Balaban J connectivity index is 0.000000301. The molecular weight excluding hydrogens is 548 g/mol. The van der Waals surface area contributed by atoms with Gasteiger partial charge < -0.3 is 20.0 Å². The highest BCUT2D eigenvalue weighted by molar-refractivity contribution is 7.09. The molecule has 38 heavy (non-hydrogen) atoms. The molecular formula is C21H19F6N5O5S. The lowest BCUT2D eigenvalue weighted by Crippen LogP contribution is -2.32. The number of anilines is 1. The summed E-state index contributed by atoms with van der Waals surface area (Å²) in [6.07, 6.45) is -8.58. The van der Waals surface area contributed by atoms with Crippen molar-refractivity contribution in [1.29, 1.82) is 5.26 Å². The molecule has 2 aliphatic rings. The van der Waals surface area contributed by atoms with Crippen molar-refractivity contribution in [2.24, 2.45) is 11.8 Å². The van der Waals surface area contributed by atoms with Crippen LogP contribution < -0.4 is 4.90 Å². The molecule has 2 saturated heterocycles. The van der Waals surface area contributed by atoms with Crippen molar-refractivity contribution in [2.75, 3.05) is 24.5 Å². The maximum atomic E-state index is 12.7. The number of nitriles is 1. The zero-order chi connectivity index (χ0) is 28.8. The molecule has 0 bridgehead atoms. The van der Waals surface area contributed by atoms with Crippen molar-refractivity contribution in [3.05, 3.63) is 40.0 Å². The number of amides is 1. The third-order valence-corrected chi connectivity index (χ3v) is 6.05. The average Bonchev–Trinajstić information content (AvgIpc) is 3.50. The highest BCUT2D eigenvalue weighted by Gasteiger charge is 2.46. The minimum Gasteiger partial charge on any atom is -0.475 e. The summed E-state index contributed by atoms with van der Waals surface area (Å²) in [5.74, 6) is -4.06. The third-order valence-electron chi connectivity index (χ3n) is 5.23. The molecule has 2 aromatic heterocycles. The minimum atomic E-state index is -5.08. The fourth-order valence-corrected chi connectivity index (χ4v) is 4.19. The number of alkyl halides is 6. The lowest BCUT2D eigenvalue weighted by Gasteiger charge is -2.22. The Bertz CT molecular complexity index is 1170. The number of pyridine rings is 1. The zero-order valence-electron chi connectivity index (χ0n) is 19.3. The molecule has 17 heteroatoms. The van der Waals surface area contributed by atoms with Crippen LogP contribution in [-0.4, -0.2) is 74.9 Å². The Morgan fingerprint density at radius 1 is 1.11 bits per heavy atom. The van der Waals surface area contributed by atoms with Gasteiger partial charge in [0.25, 0.3) is 0 Å². The number of aryl methyl sites for hydroxylation is 1. The number of carboxylic acid groups (broad SMARTS) is 2. The smallest absolute Gasteiger partial charge is 0.475 e. The van der Waals surface area contributed by atoms with Crippen LogP contribution in [0.4, 0.5) is 32.2 Å². The highest BCUT2D eigenvalue weighted by atomic mass is 32.1. The summed E-state index contributed by atoms with van der Waals surface area (Å²) in [7, 11) is 0. The number of thiazole rings is 1. The number of carbonyl (C=O) groups is 3. The second-order valence-corrected chi connectivity index (χ2v) is 9.03. The van der Waals surface area contributed by atoms with Gasteiger partial charge in [0.2, 0.25) is 5.91 Å². The highest BCUT2D eigenvalue weighted by Crippen LogP contribution is 2.35. The van der Waals surface area contributed by atoms with Crippen LogP contribution in [0.15, 0.2) is 23.7 Å². The van der Waals surface area contributed by atoms with Gasteiger partial charge in [0.15, 0.2) is 0 Å². The first-order chi connectivity index (χ1) is 17.5. The molecule has 0 spiro atoms. The van der Waals surface area contributed by atoms with E-state index in [9.17, 15) is 31.1 Å². The Hall–Kier alpha value is -3.94. The molecule has 1 amide bonds. The second-order valence-electron chi connectivity index (χ2n) is 7.97. The van der Waals surface area contributed by atoms with Crippen LogP contribution in [-0.2, 0) is 20.9 Å². The SMILES string of the molecule is Cc1nc(CN2C[C@@H]3CN(c4ccc(C#N)cn4)C[C@@H]3C2=O)cs1.O=C(O)C(F)(F)F.O=C(O)C(F)(F)F. The summed E-state index contributed by atoms with van der Waals surface area (Å²) < 4.78 is 63.5. The van der Waals surface area contributed by atoms with E-state index in [-0.39, 0.29) is 11.8 Å². The number of carbonyl (C=O) groups excluding carboxylic acids is 1. The first-order valence-electron chi connectivity index (χ1n) is 10.4. The fourth-order valence-electron chi connectivity index (χ4n) is 3.59. The van der Waals surface area contributed by atoms with Gasteiger partial charge in [-0.05, 0) is 19.1 Å². The normalized spacial score (nSPS) is 18.5. The van der Waals surface area contributed by atoms with Crippen molar-refractivity contribution in [3.63, 3.8) is 0 Å². The van der Waals surface area contributed by atoms with E-state index < -0.39 is 24.3 Å². The number of nitrogens with zero attached hydrogens (tertiary/aromatic N) is 5. The Kier molecular flexibility index (Phi) is 9.62. The molecule has 0 radical (unpaired) electrons. The molecule has 2 fully saturated rings. The van der Waals surface area contributed by atoms with Crippen molar-refractivity contribution >= 4 is 35.0 Å². The van der Waals surface area contributed by atoms with Crippen LogP contribution in [0.1, 0.15) is 16.3 Å². The van der Waals surface area contributed by atoms with Gasteiger partial charge in [-0.15, -0.1) is 11.3 Å². The summed E-state index contributed by atoms with van der Waals surface area (Å²) in [5.41, 5.74) is 1.54. The fraction of sp³-hybridized carbons (Fsp3) is 0.429. The molecule has 2 N–H and O–H groups in total. The second kappa shape index (κ2) is 12.1. The Labute approximate surface area is 214 Å². The van der Waals surface area contributed by atoms with Gasteiger partial charge >= 0.3 is 24.3 Å². The van der Waals surface area contributed by atoms with E-state index in [1.54, 1.807) is 23.6 Å². The quantitative estimate of drug-likeness (QED) is 0.534. The average molecular weight is 567 g/mol. The maximum absolute atomic E-state index is 12.7. The van der Waals surface area contributed by atoms with E-state index in [1.807, 2.05) is 23.3 Å². The van der Waals surface area contributed by atoms with Crippen molar-refractivity contribution in [2.45, 2.75) is 25.8 Å². The number of aromatic nitrogens is 2. The largest absolute Gasteiger partial charge is 0.490 e. The first kappa shape index (κ1) is 30.3. The summed E-state index contributed by atoms with van der Waals surface area (Å²) >= 11 is 1.62. The Morgan fingerprint density at radius 3 is 2.08 bits per heavy atom. The summed E-state index contributed by atoms with van der Waals surface area (Å²) in [6, 6.07) is 5.71. The summed E-state index contributed by atoms with van der Waals surface area (Å²) in [5, 5.41) is 26.2. The van der Waals surface area contributed by atoms with Gasteiger partial charge in [0.1, 0.15) is 11.9 Å². The number of carboxylic acids is 2. The molecule has 2 atom stereocenters. The van der Waals surface area contributed by atoms with Crippen molar-refractivity contribution < 1.29 is 50.9 Å². The molecule has 0 aromatic carbocycles. The standard InChI is InChI=1S/C17H17N5OS.2C2HF3O2/c1-11-20-14(10-24-11)8-22-7-13-6-21(9-15(13)17(22)23)16-3-2-12(4-18)5-19-16;2*3-2(4,5)1(6)7/h2-3,5,10,13,15H,6-9H2,1H3;2*(H,6,7)/t13-,15-;;/m0../s1. The molecule has 0 aliphatic carbocycles. The predicted molar refractivity (Wildman–Crippen MR) is 118 cm³/mol. The Morgan fingerprint density at radius 2 is 1.68 bits per heavy atom. The van der Waals surface area contributed by atoms with E-state index in [0.717, 1.165) is 29.6 Å². The minimum absolute atomic E-state index is 0.0437. The monoisotopic (exact) mass is 567 g/mol. The number of likely N-dealkylation sites (tertiary alicyclic amines) is 1. The summed E-state index contributed by atoms with van der Waals surface area (Å²) in [6.45, 7) is 4.92. The lowest BCUT2D eigenvalue weighted by molar-refractivity contribution is -0.193. The molecule has 2 aromatic rings. The zero-order valence-corrected chi connectivity index (χ0v) is 20.1. The summed E-state index contributed by atoms with van der Waals surface area (Å²) in [4.78, 5) is 43.4. The molecule has 206 valence electrons. The van der Waals surface area contributed by atoms with E-state index in [2.05, 4.69) is 20.9 Å². The number of hydrogen-bond acceptors (Lipinski definition) is 8.